The van der Waals surface area contributed by atoms with Gasteiger partial charge in [0.15, 0.2) is 5.58 Å². The van der Waals surface area contributed by atoms with Gasteiger partial charge in [0.05, 0.1) is 18.7 Å². The Morgan fingerprint density at radius 1 is 1.07 bits per heavy atom. The van der Waals surface area contributed by atoms with Gasteiger partial charge in [-0.2, -0.15) is 0 Å². The molecule has 1 fully saturated rings. The zero-order valence-corrected chi connectivity index (χ0v) is 24.4. The molecule has 4 rings (SSSR count). The van der Waals surface area contributed by atoms with Crippen LogP contribution in [0.4, 0.5) is 4.79 Å². The van der Waals surface area contributed by atoms with E-state index in [0.717, 1.165) is 16.7 Å². The summed E-state index contributed by atoms with van der Waals surface area (Å²) < 4.78 is 22.7. The molecule has 0 saturated carbocycles. The highest BCUT2D eigenvalue weighted by Gasteiger charge is 2.43. The molecule has 2 aromatic carbocycles. The molecule has 1 aliphatic heterocycles. The van der Waals surface area contributed by atoms with Crippen molar-refractivity contribution in [2.75, 3.05) is 26.9 Å². The number of nitrogens with zero attached hydrogens (tertiary/aromatic N) is 1. The number of hydrogen-bond donors (Lipinski definition) is 3. The molecule has 1 saturated heterocycles. The third-order valence-electron chi connectivity index (χ3n) is 7.08. The van der Waals surface area contributed by atoms with Crippen molar-refractivity contribution in [1.29, 1.82) is 0 Å². The molecular formula is C30H38N4O8. The Hall–Kier alpha value is -4.16. The fourth-order valence-corrected chi connectivity index (χ4v) is 4.85. The number of primary amides is 1. The fraction of sp³-hybridized carbons (Fsp3) is 0.467. The number of amides is 3. The highest BCUT2D eigenvalue weighted by atomic mass is 16.6. The predicted molar refractivity (Wildman–Crippen MR) is 155 cm³/mol. The number of aromatic nitrogens is 1. The molecular weight excluding hydrogens is 544 g/mol. The van der Waals surface area contributed by atoms with Crippen LogP contribution < -0.4 is 22.1 Å². The van der Waals surface area contributed by atoms with E-state index in [-0.39, 0.29) is 32.5 Å². The van der Waals surface area contributed by atoms with Gasteiger partial charge >= 0.3 is 11.8 Å². The number of rotatable bonds is 10. The molecule has 1 aliphatic rings. The van der Waals surface area contributed by atoms with Gasteiger partial charge < -0.3 is 35.0 Å². The lowest BCUT2D eigenvalue weighted by Crippen LogP contribution is -2.64. The van der Waals surface area contributed by atoms with Gasteiger partial charge in [-0.05, 0) is 49.6 Å². The molecule has 4 N–H and O–H groups in total. The smallest absolute Gasteiger partial charge is 0.420 e. The second kappa shape index (κ2) is 12.8. The van der Waals surface area contributed by atoms with Crippen molar-refractivity contribution in [2.45, 2.75) is 63.8 Å². The van der Waals surface area contributed by atoms with Crippen LogP contribution in [0.25, 0.3) is 22.2 Å². The van der Waals surface area contributed by atoms with E-state index in [1.165, 1.54) is 4.57 Å². The Morgan fingerprint density at radius 2 is 1.74 bits per heavy atom. The molecule has 42 heavy (non-hydrogen) atoms. The Bertz CT molecular complexity index is 1480. The molecule has 3 amide bonds. The normalized spacial score (nSPS) is 15.6. The summed E-state index contributed by atoms with van der Waals surface area (Å²) in [7, 11) is 1.57. The molecule has 2 heterocycles. The number of methoxy groups -OCH3 is 1. The van der Waals surface area contributed by atoms with E-state index in [1.54, 1.807) is 33.9 Å². The lowest BCUT2D eigenvalue weighted by atomic mass is 9.88. The van der Waals surface area contributed by atoms with E-state index in [9.17, 15) is 19.2 Å². The molecule has 3 aromatic rings. The van der Waals surface area contributed by atoms with E-state index in [4.69, 9.17) is 24.4 Å². The zero-order chi connectivity index (χ0) is 30.5. The Balaban J connectivity index is 1.49. The summed E-state index contributed by atoms with van der Waals surface area (Å²) >= 11 is 0. The van der Waals surface area contributed by atoms with Gasteiger partial charge in [0.1, 0.15) is 17.2 Å². The maximum atomic E-state index is 13.5. The zero-order valence-electron chi connectivity index (χ0n) is 24.4. The molecule has 12 heteroatoms. The minimum absolute atomic E-state index is 0.150. The SMILES string of the molecule is COCCn1c(=O)oc2ccc(-c3ccc(CC(NC(=O)C4(NC(=O)OC(C)(C)C)CCOCC4)C(N)=O)cc3)cc21. The first-order chi connectivity index (χ1) is 19.9. The van der Waals surface area contributed by atoms with Crippen LogP contribution in [-0.2, 0) is 36.8 Å². The van der Waals surface area contributed by atoms with Gasteiger partial charge in [-0.25, -0.2) is 9.59 Å². The first-order valence-electron chi connectivity index (χ1n) is 13.8. The Morgan fingerprint density at radius 3 is 2.36 bits per heavy atom. The largest absolute Gasteiger partial charge is 0.444 e. The predicted octanol–water partition coefficient (Wildman–Crippen LogP) is 2.49. The van der Waals surface area contributed by atoms with Gasteiger partial charge in [-0.3, -0.25) is 14.2 Å². The van der Waals surface area contributed by atoms with E-state index < -0.39 is 40.8 Å². The second-order valence-corrected chi connectivity index (χ2v) is 11.3. The van der Waals surface area contributed by atoms with Crippen molar-refractivity contribution in [3.05, 3.63) is 58.6 Å². The highest BCUT2D eigenvalue weighted by Crippen LogP contribution is 2.26. The van der Waals surface area contributed by atoms with Crippen molar-refractivity contribution in [3.8, 4) is 11.1 Å². The number of alkyl carbamates (subject to hydrolysis) is 1. The molecule has 0 radical (unpaired) electrons. The highest BCUT2D eigenvalue weighted by molar-refractivity contribution is 5.94. The van der Waals surface area contributed by atoms with Crippen molar-refractivity contribution >= 4 is 29.0 Å². The van der Waals surface area contributed by atoms with Crippen LogP contribution in [0.3, 0.4) is 0 Å². The number of benzene rings is 2. The standard InChI is InChI=1S/C30H38N4O8/c1-29(2,3)42-27(37)33-30(11-14-40-15-12-30)26(36)32-22(25(31)35)17-19-5-7-20(8-6-19)21-9-10-24-23(18-21)34(13-16-39-4)28(38)41-24/h5-10,18,22H,11-17H2,1-4H3,(H2,31,35)(H,32,36)(H,33,37). The van der Waals surface area contributed by atoms with Gasteiger partial charge in [-0.1, -0.05) is 30.3 Å². The molecule has 0 aliphatic carbocycles. The van der Waals surface area contributed by atoms with Gasteiger partial charge in [0.2, 0.25) is 11.8 Å². The molecule has 1 atom stereocenters. The van der Waals surface area contributed by atoms with Crippen molar-refractivity contribution in [3.63, 3.8) is 0 Å². The topological polar surface area (TPSA) is 164 Å². The minimum atomic E-state index is -1.30. The summed E-state index contributed by atoms with van der Waals surface area (Å²) in [6.07, 6.45) is -0.135. The van der Waals surface area contributed by atoms with Crippen LogP contribution in [0.1, 0.15) is 39.2 Å². The molecule has 0 bridgehead atoms. The number of carbonyl (C=O) groups excluding carboxylic acids is 3. The van der Waals surface area contributed by atoms with E-state index in [2.05, 4.69) is 10.6 Å². The summed E-state index contributed by atoms with van der Waals surface area (Å²) in [5.41, 5.74) is 7.31. The van der Waals surface area contributed by atoms with Crippen LogP contribution in [-0.4, -0.2) is 66.6 Å². The van der Waals surface area contributed by atoms with E-state index in [0.29, 0.717) is 24.3 Å². The van der Waals surface area contributed by atoms with Gasteiger partial charge in [0.25, 0.3) is 0 Å². The van der Waals surface area contributed by atoms with E-state index in [1.807, 2.05) is 36.4 Å². The quantitative estimate of drug-likeness (QED) is 0.328. The number of carbonyl (C=O) groups is 3. The third kappa shape index (κ3) is 7.37. The van der Waals surface area contributed by atoms with Crippen LogP contribution in [0.15, 0.2) is 51.7 Å². The summed E-state index contributed by atoms with van der Waals surface area (Å²) in [5, 5.41) is 5.45. The van der Waals surface area contributed by atoms with Crippen molar-refractivity contribution < 1.29 is 33.0 Å². The number of oxazole rings is 1. The average molecular weight is 583 g/mol. The molecule has 1 unspecified atom stereocenters. The fourth-order valence-electron chi connectivity index (χ4n) is 4.85. The van der Waals surface area contributed by atoms with E-state index >= 15 is 0 Å². The first kappa shape index (κ1) is 30.8. The molecule has 226 valence electrons. The number of hydrogen-bond acceptors (Lipinski definition) is 8. The number of ether oxygens (including phenoxy) is 3. The first-order valence-corrected chi connectivity index (χ1v) is 13.8. The number of fused-ring (bicyclic) bond motifs is 1. The number of nitrogens with one attached hydrogen (secondary N) is 2. The van der Waals surface area contributed by atoms with Gasteiger partial charge in [-0.15, -0.1) is 0 Å². The lowest BCUT2D eigenvalue weighted by Gasteiger charge is -2.37. The van der Waals surface area contributed by atoms with Crippen molar-refractivity contribution in [1.82, 2.24) is 15.2 Å². The summed E-state index contributed by atoms with van der Waals surface area (Å²) in [6.45, 7) is 6.46. The average Bonchev–Trinajstić information content (AvgIpc) is 3.25. The molecule has 1 aromatic heterocycles. The van der Waals surface area contributed by atoms with Crippen LogP contribution in [0, 0.1) is 0 Å². The maximum Gasteiger partial charge on any atom is 0.420 e. The Kier molecular flexibility index (Phi) is 9.37. The second-order valence-electron chi connectivity index (χ2n) is 11.3. The third-order valence-corrected chi connectivity index (χ3v) is 7.08. The van der Waals surface area contributed by atoms with Crippen LogP contribution >= 0.6 is 0 Å². The lowest BCUT2D eigenvalue weighted by molar-refractivity contribution is -0.135. The maximum absolute atomic E-state index is 13.5. The summed E-state index contributed by atoms with van der Waals surface area (Å²) in [6, 6.07) is 11.9. The number of nitrogens with two attached hydrogens (primary N) is 1. The molecule has 0 spiro atoms. The van der Waals surface area contributed by atoms with Gasteiger partial charge in [0, 0.05) is 39.6 Å². The van der Waals surface area contributed by atoms with Crippen LogP contribution in [0.5, 0.6) is 0 Å². The van der Waals surface area contributed by atoms with Crippen LogP contribution in [0.2, 0.25) is 0 Å². The molecule has 12 nitrogen and oxygen atoms in total. The summed E-state index contributed by atoms with van der Waals surface area (Å²) in [4.78, 5) is 50.7. The summed E-state index contributed by atoms with van der Waals surface area (Å²) in [5.74, 6) is -1.67. The minimum Gasteiger partial charge on any atom is -0.444 e. The van der Waals surface area contributed by atoms with Crippen molar-refractivity contribution in [2.24, 2.45) is 5.73 Å². The monoisotopic (exact) mass is 582 g/mol. The Labute approximate surface area is 243 Å².